The zero-order chi connectivity index (χ0) is 16.0. The van der Waals surface area contributed by atoms with Gasteiger partial charge in [-0.3, -0.25) is 0 Å². The van der Waals surface area contributed by atoms with Gasteiger partial charge in [0, 0.05) is 11.6 Å². The van der Waals surface area contributed by atoms with E-state index < -0.39 is 0 Å². The highest BCUT2D eigenvalue weighted by Gasteiger charge is 2.48. The van der Waals surface area contributed by atoms with Crippen molar-refractivity contribution in [1.82, 2.24) is 10.3 Å². The molecule has 5 rings (SSSR count). The molecule has 0 spiro atoms. The van der Waals surface area contributed by atoms with Crippen molar-refractivity contribution < 1.29 is 0 Å². The topological polar surface area (TPSA) is 24.9 Å². The summed E-state index contributed by atoms with van der Waals surface area (Å²) in [7, 11) is 0. The number of hydrogen-bond acceptors (Lipinski definition) is 2. The number of aromatic nitrogens is 1. The molecule has 4 aliphatic carbocycles. The number of aryl methyl sites for hydroxylation is 1. The molecule has 1 heterocycles. The predicted molar refractivity (Wildman–Crippen MR) is 98.9 cm³/mol. The van der Waals surface area contributed by atoms with Gasteiger partial charge in [-0.15, -0.1) is 0 Å². The van der Waals surface area contributed by atoms with Crippen molar-refractivity contribution in [1.29, 1.82) is 0 Å². The third-order valence-corrected chi connectivity index (χ3v) is 6.74. The molecule has 0 aromatic carbocycles. The summed E-state index contributed by atoms with van der Waals surface area (Å²) < 4.78 is 0. The first-order valence-electron chi connectivity index (χ1n) is 9.10. The standard InChI is InChI=1S/C19H25ClN2S/c1-2-3-16-15(4-5-17(20)21-16)19(23)22-18-13-7-11-6-12(9-13)10-14(18)8-11/h4-5,11-14,18H,2-3,6-10H2,1H3,(H,22,23). The van der Waals surface area contributed by atoms with Crippen LogP contribution in [-0.2, 0) is 6.42 Å². The van der Waals surface area contributed by atoms with E-state index in [2.05, 4.69) is 17.2 Å². The molecule has 0 saturated heterocycles. The van der Waals surface area contributed by atoms with E-state index in [-0.39, 0.29) is 0 Å². The van der Waals surface area contributed by atoms with E-state index in [1.807, 2.05) is 12.1 Å². The van der Waals surface area contributed by atoms with Crippen molar-refractivity contribution in [2.45, 2.75) is 57.9 Å². The van der Waals surface area contributed by atoms with Gasteiger partial charge < -0.3 is 5.32 Å². The lowest BCUT2D eigenvalue weighted by Gasteiger charge is -2.54. The largest absolute Gasteiger partial charge is 0.372 e. The molecule has 23 heavy (non-hydrogen) atoms. The van der Waals surface area contributed by atoms with Gasteiger partial charge in [-0.05, 0) is 74.3 Å². The Labute approximate surface area is 149 Å². The van der Waals surface area contributed by atoms with Gasteiger partial charge in [-0.25, -0.2) is 4.98 Å². The number of nitrogens with zero attached hydrogens (tertiary/aromatic N) is 1. The molecular weight excluding hydrogens is 324 g/mol. The van der Waals surface area contributed by atoms with Gasteiger partial charge >= 0.3 is 0 Å². The van der Waals surface area contributed by atoms with Crippen LogP contribution in [0.5, 0.6) is 0 Å². The normalized spacial score (nSPS) is 34.6. The Balaban J connectivity index is 1.52. The quantitative estimate of drug-likeness (QED) is 0.626. The molecule has 4 saturated carbocycles. The summed E-state index contributed by atoms with van der Waals surface area (Å²) in [5.41, 5.74) is 2.13. The summed E-state index contributed by atoms with van der Waals surface area (Å²) in [6.45, 7) is 2.17. The summed E-state index contributed by atoms with van der Waals surface area (Å²) in [5.74, 6) is 3.66. The van der Waals surface area contributed by atoms with E-state index in [0.717, 1.165) is 52.8 Å². The van der Waals surface area contributed by atoms with E-state index in [4.69, 9.17) is 23.8 Å². The highest BCUT2D eigenvalue weighted by molar-refractivity contribution is 7.80. The summed E-state index contributed by atoms with van der Waals surface area (Å²) in [6.07, 6.45) is 9.12. The molecule has 4 aliphatic rings. The lowest BCUT2D eigenvalue weighted by atomic mass is 9.54. The second-order valence-corrected chi connectivity index (χ2v) is 8.60. The van der Waals surface area contributed by atoms with Crippen LogP contribution >= 0.6 is 23.8 Å². The number of rotatable bonds is 4. The van der Waals surface area contributed by atoms with Gasteiger partial charge in [-0.2, -0.15) is 0 Å². The van der Waals surface area contributed by atoms with Crippen molar-refractivity contribution in [3.63, 3.8) is 0 Å². The average molecular weight is 349 g/mol. The Hall–Kier alpha value is -0.670. The summed E-state index contributed by atoms with van der Waals surface area (Å²) in [4.78, 5) is 5.39. The first-order chi connectivity index (χ1) is 11.1. The Kier molecular flexibility index (Phi) is 4.36. The van der Waals surface area contributed by atoms with E-state index >= 15 is 0 Å². The fourth-order valence-electron chi connectivity index (χ4n) is 5.50. The Morgan fingerprint density at radius 3 is 2.43 bits per heavy atom. The van der Waals surface area contributed by atoms with Crippen molar-refractivity contribution in [2.24, 2.45) is 23.7 Å². The molecule has 1 aromatic rings. The van der Waals surface area contributed by atoms with E-state index in [0.29, 0.717) is 11.2 Å². The minimum atomic E-state index is 0.564. The molecule has 0 atom stereocenters. The van der Waals surface area contributed by atoms with Crippen LogP contribution in [0.1, 0.15) is 56.7 Å². The van der Waals surface area contributed by atoms with Gasteiger partial charge in [0.05, 0.1) is 5.69 Å². The van der Waals surface area contributed by atoms with Crippen LogP contribution in [-0.4, -0.2) is 16.0 Å². The van der Waals surface area contributed by atoms with Crippen molar-refractivity contribution in [2.75, 3.05) is 0 Å². The van der Waals surface area contributed by atoms with Crippen LogP contribution in [0.2, 0.25) is 5.15 Å². The number of thiocarbonyl (C=S) groups is 1. The molecule has 124 valence electrons. The molecule has 4 fully saturated rings. The third kappa shape index (κ3) is 3.02. The fraction of sp³-hybridized carbons (Fsp3) is 0.684. The van der Waals surface area contributed by atoms with E-state index in [9.17, 15) is 0 Å². The van der Waals surface area contributed by atoms with Gasteiger partial charge in [0.15, 0.2) is 0 Å². The lowest BCUT2D eigenvalue weighted by molar-refractivity contribution is -0.00660. The predicted octanol–water partition coefficient (Wildman–Crippen LogP) is 4.78. The molecule has 0 amide bonds. The summed E-state index contributed by atoms with van der Waals surface area (Å²) >= 11 is 11.8. The summed E-state index contributed by atoms with van der Waals surface area (Å²) in [6, 6.07) is 4.49. The molecular formula is C19H25ClN2S. The smallest absolute Gasteiger partial charge is 0.129 e. The van der Waals surface area contributed by atoms with Crippen LogP contribution in [0, 0.1) is 23.7 Å². The highest BCUT2D eigenvalue weighted by atomic mass is 35.5. The Morgan fingerprint density at radius 1 is 1.17 bits per heavy atom. The zero-order valence-corrected chi connectivity index (χ0v) is 15.3. The maximum Gasteiger partial charge on any atom is 0.129 e. The number of hydrogen-bond donors (Lipinski definition) is 1. The first-order valence-corrected chi connectivity index (χ1v) is 9.89. The lowest BCUT2D eigenvalue weighted by Crippen LogP contribution is -2.55. The van der Waals surface area contributed by atoms with Crippen LogP contribution in [0.25, 0.3) is 0 Å². The molecule has 0 aliphatic heterocycles. The van der Waals surface area contributed by atoms with Gasteiger partial charge in [-0.1, -0.05) is 37.2 Å². The van der Waals surface area contributed by atoms with Gasteiger partial charge in [0.1, 0.15) is 10.1 Å². The average Bonchev–Trinajstić information content (AvgIpc) is 2.50. The molecule has 1 N–H and O–H groups in total. The monoisotopic (exact) mass is 348 g/mol. The van der Waals surface area contributed by atoms with Crippen molar-refractivity contribution in [3.05, 3.63) is 28.5 Å². The molecule has 1 aromatic heterocycles. The van der Waals surface area contributed by atoms with Crippen LogP contribution in [0.4, 0.5) is 0 Å². The maximum atomic E-state index is 6.07. The third-order valence-electron chi connectivity index (χ3n) is 6.20. The Morgan fingerprint density at radius 2 is 1.83 bits per heavy atom. The van der Waals surface area contributed by atoms with Crippen LogP contribution < -0.4 is 5.32 Å². The molecule has 2 nitrogen and oxygen atoms in total. The van der Waals surface area contributed by atoms with E-state index in [1.54, 1.807) is 0 Å². The van der Waals surface area contributed by atoms with Crippen LogP contribution in [0.15, 0.2) is 12.1 Å². The first kappa shape index (κ1) is 15.8. The number of halogens is 1. The second kappa shape index (κ2) is 6.33. The van der Waals surface area contributed by atoms with E-state index in [1.165, 1.54) is 32.1 Å². The van der Waals surface area contributed by atoms with Crippen molar-refractivity contribution in [3.8, 4) is 0 Å². The molecule has 0 unspecified atom stereocenters. The zero-order valence-electron chi connectivity index (χ0n) is 13.7. The second-order valence-electron chi connectivity index (χ2n) is 7.81. The molecule has 0 radical (unpaired) electrons. The molecule has 4 heteroatoms. The van der Waals surface area contributed by atoms with Crippen molar-refractivity contribution >= 4 is 28.8 Å². The summed E-state index contributed by atoms with van der Waals surface area (Å²) in [5, 5.41) is 4.31. The highest BCUT2D eigenvalue weighted by Crippen LogP contribution is 2.53. The minimum Gasteiger partial charge on any atom is -0.372 e. The number of pyridine rings is 1. The minimum absolute atomic E-state index is 0.564. The van der Waals surface area contributed by atoms with Crippen LogP contribution in [0.3, 0.4) is 0 Å². The van der Waals surface area contributed by atoms with Gasteiger partial charge in [0.25, 0.3) is 0 Å². The molecule has 4 bridgehead atoms. The maximum absolute atomic E-state index is 6.07. The fourth-order valence-corrected chi connectivity index (χ4v) is 5.99. The number of nitrogens with one attached hydrogen (secondary N) is 1. The van der Waals surface area contributed by atoms with Gasteiger partial charge in [0.2, 0.25) is 0 Å². The SMILES string of the molecule is CCCc1nc(Cl)ccc1C(=S)NC1C2CC3CC(C2)CC1C3. The Bertz CT molecular complexity index is 587.